The highest BCUT2D eigenvalue weighted by Gasteiger charge is 2.21. The molecule has 0 saturated carbocycles. The summed E-state index contributed by atoms with van der Waals surface area (Å²) in [5.41, 5.74) is 2.11. The quantitative estimate of drug-likeness (QED) is 0.476. The molecular formula is C11H8N6O5. The topological polar surface area (TPSA) is 156 Å². The number of nitro groups is 2. The van der Waals surface area contributed by atoms with E-state index in [0.29, 0.717) is 5.56 Å². The monoisotopic (exact) mass is 304 g/mol. The highest BCUT2D eigenvalue weighted by molar-refractivity contribution is 5.96. The van der Waals surface area contributed by atoms with Crippen molar-refractivity contribution in [3.63, 3.8) is 0 Å². The molecule has 11 nitrogen and oxygen atoms in total. The van der Waals surface area contributed by atoms with Crippen LogP contribution in [0.2, 0.25) is 0 Å². The second-order valence-electron chi connectivity index (χ2n) is 3.90. The fourth-order valence-corrected chi connectivity index (χ4v) is 1.49. The number of carbonyl (C=O) groups is 1. The van der Waals surface area contributed by atoms with E-state index < -0.39 is 27.3 Å². The van der Waals surface area contributed by atoms with E-state index in [1.807, 2.05) is 0 Å². The third-order valence-electron chi connectivity index (χ3n) is 2.50. The number of H-pyrrole nitrogens is 1. The molecule has 2 rings (SSSR count). The van der Waals surface area contributed by atoms with Crippen LogP contribution in [0.25, 0.3) is 0 Å². The number of rotatable bonds is 5. The summed E-state index contributed by atoms with van der Waals surface area (Å²) in [7, 11) is 0. The van der Waals surface area contributed by atoms with Crippen molar-refractivity contribution in [3.05, 3.63) is 62.1 Å². The zero-order chi connectivity index (χ0) is 16.1. The first-order valence-electron chi connectivity index (χ1n) is 5.74. The number of amides is 1. The van der Waals surface area contributed by atoms with Gasteiger partial charge in [0.25, 0.3) is 11.6 Å². The van der Waals surface area contributed by atoms with Crippen molar-refractivity contribution < 1.29 is 14.6 Å². The number of nitrogens with one attached hydrogen (secondary N) is 2. The Labute approximate surface area is 122 Å². The largest absolute Gasteiger partial charge is 0.358 e. The summed E-state index contributed by atoms with van der Waals surface area (Å²) >= 11 is 0. The molecule has 1 aromatic carbocycles. The highest BCUT2D eigenvalue weighted by Crippen LogP contribution is 2.12. The lowest BCUT2D eigenvalue weighted by Gasteiger charge is -1.97. The zero-order valence-electron chi connectivity index (χ0n) is 10.8. The van der Waals surface area contributed by atoms with Gasteiger partial charge < -0.3 is 10.1 Å². The number of aromatic nitrogens is 2. The van der Waals surface area contributed by atoms with Crippen LogP contribution in [0.1, 0.15) is 16.1 Å². The van der Waals surface area contributed by atoms with Gasteiger partial charge in [0.15, 0.2) is 6.33 Å². The molecule has 2 N–H and O–H groups in total. The van der Waals surface area contributed by atoms with Gasteiger partial charge in [0.1, 0.15) is 0 Å². The number of hydrogen-bond acceptors (Lipinski definition) is 7. The van der Waals surface area contributed by atoms with Gasteiger partial charge in [0.05, 0.1) is 11.1 Å². The van der Waals surface area contributed by atoms with E-state index >= 15 is 0 Å². The van der Waals surface area contributed by atoms with Gasteiger partial charge in [-0.1, -0.05) is 0 Å². The number of non-ortho nitro benzene ring substituents is 1. The van der Waals surface area contributed by atoms with Crippen molar-refractivity contribution in [2.45, 2.75) is 0 Å². The molecule has 0 aliphatic carbocycles. The number of benzene rings is 1. The van der Waals surface area contributed by atoms with Crippen molar-refractivity contribution in [1.29, 1.82) is 0 Å². The zero-order valence-corrected chi connectivity index (χ0v) is 10.8. The molecule has 0 atom stereocenters. The molecule has 0 fully saturated rings. The van der Waals surface area contributed by atoms with Gasteiger partial charge in [-0.25, -0.2) is 15.4 Å². The van der Waals surface area contributed by atoms with E-state index in [1.165, 1.54) is 30.5 Å². The van der Waals surface area contributed by atoms with Crippen molar-refractivity contribution in [2.24, 2.45) is 5.10 Å². The Balaban J connectivity index is 2.02. The Bertz CT molecular complexity index is 751. The van der Waals surface area contributed by atoms with E-state index in [9.17, 15) is 25.0 Å². The van der Waals surface area contributed by atoms with Crippen LogP contribution in [0.15, 0.2) is 35.7 Å². The number of imidazole rings is 1. The third kappa shape index (κ3) is 3.27. The van der Waals surface area contributed by atoms with Crippen LogP contribution >= 0.6 is 0 Å². The Kier molecular flexibility index (Phi) is 4.17. The van der Waals surface area contributed by atoms with Gasteiger partial charge in [-0.3, -0.25) is 14.9 Å². The predicted molar refractivity (Wildman–Crippen MR) is 73.4 cm³/mol. The molecule has 0 aliphatic rings. The summed E-state index contributed by atoms with van der Waals surface area (Å²) in [6.07, 6.45) is 2.26. The van der Waals surface area contributed by atoms with E-state index in [0.717, 1.165) is 6.33 Å². The maximum atomic E-state index is 11.7. The van der Waals surface area contributed by atoms with E-state index in [-0.39, 0.29) is 5.69 Å². The van der Waals surface area contributed by atoms with Crippen LogP contribution in [0, 0.1) is 20.2 Å². The van der Waals surface area contributed by atoms with Gasteiger partial charge in [0.2, 0.25) is 5.69 Å². The minimum Gasteiger partial charge on any atom is -0.358 e. The Morgan fingerprint density at radius 1 is 1.23 bits per heavy atom. The summed E-state index contributed by atoms with van der Waals surface area (Å²) < 4.78 is 0. The lowest BCUT2D eigenvalue weighted by Crippen LogP contribution is -2.19. The molecule has 1 heterocycles. The van der Waals surface area contributed by atoms with Crippen molar-refractivity contribution in [3.8, 4) is 0 Å². The maximum absolute atomic E-state index is 11.7. The van der Waals surface area contributed by atoms with Gasteiger partial charge in [-0.2, -0.15) is 5.10 Å². The lowest BCUT2D eigenvalue weighted by atomic mass is 10.2. The second-order valence-corrected chi connectivity index (χ2v) is 3.90. The smallest absolute Gasteiger partial charge is 0.353 e. The van der Waals surface area contributed by atoms with Gasteiger partial charge >= 0.3 is 5.82 Å². The van der Waals surface area contributed by atoms with E-state index in [2.05, 4.69) is 20.5 Å². The fourth-order valence-electron chi connectivity index (χ4n) is 1.49. The van der Waals surface area contributed by atoms with Gasteiger partial charge in [-0.15, -0.1) is 0 Å². The van der Waals surface area contributed by atoms with Crippen LogP contribution in [-0.2, 0) is 0 Å². The van der Waals surface area contributed by atoms with Crippen LogP contribution in [-0.4, -0.2) is 31.9 Å². The standard InChI is InChI=1S/C11H8N6O5/c18-11(9-10(17(21)22)13-6-12-9)15-14-5-7-1-3-8(4-2-7)16(19)20/h1-6H,(H,12,13)(H,15,18). The van der Waals surface area contributed by atoms with Crippen molar-refractivity contribution in [2.75, 3.05) is 0 Å². The van der Waals surface area contributed by atoms with Crippen molar-refractivity contribution >= 4 is 23.6 Å². The predicted octanol–water partition coefficient (Wildman–Crippen LogP) is 0.990. The SMILES string of the molecule is O=C(NN=Cc1ccc([N+](=O)[O-])cc1)c1nc[nH]c1[N+](=O)[O-]. The fraction of sp³-hybridized carbons (Fsp3) is 0. The van der Waals surface area contributed by atoms with Gasteiger partial charge in [0, 0.05) is 12.1 Å². The number of nitrogens with zero attached hydrogens (tertiary/aromatic N) is 4. The molecule has 0 radical (unpaired) electrons. The highest BCUT2D eigenvalue weighted by atomic mass is 16.6. The summed E-state index contributed by atoms with van der Waals surface area (Å²) in [5.74, 6) is -1.39. The van der Waals surface area contributed by atoms with Crippen molar-refractivity contribution in [1.82, 2.24) is 15.4 Å². The van der Waals surface area contributed by atoms with Crippen LogP contribution in [0.5, 0.6) is 0 Å². The summed E-state index contributed by atoms with van der Waals surface area (Å²) in [5, 5.41) is 24.7. The second kappa shape index (κ2) is 6.21. The molecule has 0 aliphatic heterocycles. The number of nitro benzene ring substituents is 1. The Morgan fingerprint density at radius 3 is 2.50 bits per heavy atom. The number of hydrazone groups is 1. The summed E-state index contributed by atoms with van der Waals surface area (Å²) in [4.78, 5) is 37.2. The number of carbonyl (C=O) groups excluding carboxylic acids is 1. The average Bonchev–Trinajstić information content (AvgIpc) is 2.97. The molecule has 0 saturated heterocycles. The van der Waals surface area contributed by atoms with Crippen LogP contribution in [0.4, 0.5) is 11.5 Å². The Hall–Kier alpha value is -3.63. The molecule has 1 aromatic heterocycles. The minimum absolute atomic E-state index is 0.0756. The Morgan fingerprint density at radius 2 is 1.91 bits per heavy atom. The molecule has 0 spiro atoms. The molecule has 22 heavy (non-hydrogen) atoms. The first-order chi connectivity index (χ1) is 10.5. The third-order valence-corrected chi connectivity index (χ3v) is 2.50. The summed E-state index contributed by atoms with van der Waals surface area (Å²) in [6.45, 7) is 0. The van der Waals surface area contributed by atoms with Crippen LogP contribution in [0.3, 0.4) is 0 Å². The lowest BCUT2D eigenvalue weighted by molar-refractivity contribution is -0.389. The number of hydrogen-bond donors (Lipinski definition) is 2. The van der Waals surface area contributed by atoms with E-state index in [1.54, 1.807) is 0 Å². The molecule has 2 aromatic rings. The molecule has 11 heteroatoms. The van der Waals surface area contributed by atoms with E-state index in [4.69, 9.17) is 0 Å². The summed E-state index contributed by atoms with van der Waals surface area (Å²) in [6, 6.07) is 5.43. The molecule has 1 amide bonds. The molecular weight excluding hydrogens is 296 g/mol. The van der Waals surface area contributed by atoms with Gasteiger partial charge in [-0.05, 0) is 22.6 Å². The maximum Gasteiger partial charge on any atom is 0.353 e. The van der Waals surface area contributed by atoms with Crippen LogP contribution < -0.4 is 5.43 Å². The normalized spacial score (nSPS) is 10.5. The first kappa shape index (κ1) is 14.8. The minimum atomic E-state index is -0.855. The molecule has 0 unspecified atom stereocenters. The molecule has 112 valence electrons. The average molecular weight is 304 g/mol. The molecule has 0 bridgehead atoms. The number of aromatic amines is 1. The first-order valence-corrected chi connectivity index (χ1v) is 5.74.